The third-order valence-corrected chi connectivity index (χ3v) is 5.00. The van der Waals surface area contributed by atoms with Crippen molar-refractivity contribution in [1.82, 2.24) is 0 Å². The van der Waals surface area contributed by atoms with Gasteiger partial charge >= 0.3 is 5.97 Å². The number of aryl methyl sites for hydroxylation is 2. The van der Waals surface area contributed by atoms with E-state index in [1.54, 1.807) is 4.90 Å². The summed E-state index contributed by atoms with van der Waals surface area (Å²) in [5.41, 5.74) is 3.29. The molecule has 3 rings (SSSR count). The fourth-order valence-electron chi connectivity index (χ4n) is 3.61. The Morgan fingerprint density at radius 1 is 1.08 bits per heavy atom. The quantitative estimate of drug-likeness (QED) is 0.760. The Labute approximate surface area is 149 Å². The highest BCUT2D eigenvalue weighted by atomic mass is 16.5. The van der Waals surface area contributed by atoms with Crippen molar-refractivity contribution in [2.45, 2.75) is 26.9 Å². The van der Waals surface area contributed by atoms with Crippen molar-refractivity contribution < 1.29 is 23.7 Å². The summed E-state index contributed by atoms with van der Waals surface area (Å²) in [4.78, 5) is 14.8. The summed E-state index contributed by atoms with van der Waals surface area (Å²) in [6.07, 6.45) is 0. The number of furan rings is 1. The number of benzene rings is 1. The lowest BCUT2D eigenvalue weighted by molar-refractivity contribution is -1.02. The first kappa shape index (κ1) is 17.7. The molecule has 5 heteroatoms. The second kappa shape index (κ2) is 7.85. The number of carbonyl (C=O) groups excluding carboxylic acids is 1. The molecule has 2 heterocycles. The van der Waals surface area contributed by atoms with Gasteiger partial charge in [-0.15, -0.1) is 0 Å². The molecule has 0 bridgehead atoms. The molecule has 1 aromatic heterocycles. The van der Waals surface area contributed by atoms with E-state index >= 15 is 0 Å². The Bertz CT molecular complexity index is 730. The molecule has 0 spiro atoms. The summed E-state index contributed by atoms with van der Waals surface area (Å²) in [5, 5.41) is 0. The first-order valence-corrected chi connectivity index (χ1v) is 8.95. The van der Waals surface area contributed by atoms with Crippen molar-refractivity contribution in [3.63, 3.8) is 0 Å². The topological polar surface area (TPSA) is 48.3 Å². The van der Waals surface area contributed by atoms with Crippen LogP contribution in [0.3, 0.4) is 0 Å². The van der Waals surface area contributed by atoms with Crippen molar-refractivity contribution >= 4 is 5.97 Å². The van der Waals surface area contributed by atoms with Crippen LogP contribution in [0.1, 0.15) is 33.0 Å². The van der Waals surface area contributed by atoms with E-state index in [4.69, 9.17) is 9.15 Å². The number of hydrogen-bond acceptors (Lipinski definition) is 3. The highest BCUT2D eigenvalue weighted by molar-refractivity contribution is 5.90. The molecular formula is C20H28N2O3+2. The fourth-order valence-corrected chi connectivity index (χ4v) is 3.61. The Morgan fingerprint density at radius 3 is 2.40 bits per heavy atom. The van der Waals surface area contributed by atoms with Crippen LogP contribution in [0.5, 0.6) is 0 Å². The van der Waals surface area contributed by atoms with Crippen LogP contribution in [0.25, 0.3) is 0 Å². The summed E-state index contributed by atoms with van der Waals surface area (Å²) in [5.74, 6) is 1.19. The van der Waals surface area contributed by atoms with E-state index in [0.29, 0.717) is 11.3 Å². The van der Waals surface area contributed by atoms with Crippen LogP contribution in [0.2, 0.25) is 0 Å². The molecule has 0 unspecified atom stereocenters. The van der Waals surface area contributed by atoms with Crippen LogP contribution in [-0.4, -0.2) is 39.3 Å². The molecule has 5 nitrogen and oxygen atoms in total. The maximum atomic E-state index is 11.7. The van der Waals surface area contributed by atoms with Gasteiger partial charge in [-0.25, -0.2) is 4.79 Å². The van der Waals surface area contributed by atoms with Gasteiger partial charge in [-0.1, -0.05) is 29.8 Å². The van der Waals surface area contributed by atoms with Crippen molar-refractivity contribution in [3.05, 3.63) is 58.5 Å². The number of hydrogen-bond donors (Lipinski definition) is 2. The van der Waals surface area contributed by atoms with E-state index in [1.807, 2.05) is 13.0 Å². The third kappa shape index (κ3) is 4.50. The van der Waals surface area contributed by atoms with Gasteiger partial charge in [-0.2, -0.15) is 0 Å². The van der Waals surface area contributed by atoms with Crippen molar-refractivity contribution in [2.24, 2.45) is 0 Å². The normalized spacial score (nSPS) is 20.4. The standard InChI is InChI=1S/C20H26N2O3/c1-15-5-4-6-17(11-15)13-21-7-9-22(10-8-21)14-18-12-19(16(2)25-18)20(23)24-3/h4-6,11-12H,7-10,13-14H2,1-3H3/p+2. The predicted molar refractivity (Wildman–Crippen MR) is 94.8 cm³/mol. The van der Waals surface area contributed by atoms with E-state index in [-0.39, 0.29) is 5.97 Å². The van der Waals surface area contributed by atoms with Gasteiger partial charge in [0.15, 0.2) is 5.76 Å². The monoisotopic (exact) mass is 344 g/mol. The van der Waals surface area contributed by atoms with Gasteiger partial charge in [0.25, 0.3) is 0 Å². The number of methoxy groups -OCH3 is 1. The van der Waals surface area contributed by atoms with Crippen LogP contribution in [0.15, 0.2) is 34.7 Å². The van der Waals surface area contributed by atoms with Crippen molar-refractivity contribution in [1.29, 1.82) is 0 Å². The van der Waals surface area contributed by atoms with Crippen LogP contribution in [0, 0.1) is 13.8 Å². The smallest absolute Gasteiger partial charge is 0.341 e. The molecular weight excluding hydrogens is 316 g/mol. The second-order valence-corrected chi connectivity index (χ2v) is 7.02. The molecule has 1 aliphatic rings. The molecule has 2 aromatic rings. The summed E-state index contributed by atoms with van der Waals surface area (Å²) in [6.45, 7) is 10.4. The molecule has 0 atom stereocenters. The zero-order valence-corrected chi connectivity index (χ0v) is 15.4. The second-order valence-electron chi connectivity index (χ2n) is 7.02. The zero-order chi connectivity index (χ0) is 17.8. The number of rotatable bonds is 5. The average molecular weight is 344 g/mol. The molecule has 1 fully saturated rings. The van der Waals surface area contributed by atoms with E-state index in [0.717, 1.165) is 45.0 Å². The summed E-state index contributed by atoms with van der Waals surface area (Å²) < 4.78 is 10.5. The largest absolute Gasteiger partial charge is 0.465 e. The lowest BCUT2D eigenvalue weighted by Gasteiger charge is -2.29. The Balaban J connectivity index is 1.52. The molecule has 2 N–H and O–H groups in total. The molecule has 25 heavy (non-hydrogen) atoms. The van der Waals surface area contributed by atoms with E-state index in [9.17, 15) is 4.79 Å². The Morgan fingerprint density at radius 2 is 1.76 bits per heavy atom. The van der Waals surface area contributed by atoms with Gasteiger partial charge in [0.1, 0.15) is 50.6 Å². The van der Waals surface area contributed by atoms with E-state index < -0.39 is 0 Å². The Kier molecular flexibility index (Phi) is 5.56. The predicted octanol–water partition coefficient (Wildman–Crippen LogP) is 0.167. The average Bonchev–Trinajstić information content (AvgIpc) is 2.96. The molecule has 1 saturated heterocycles. The maximum Gasteiger partial charge on any atom is 0.341 e. The lowest BCUT2D eigenvalue weighted by atomic mass is 10.1. The summed E-state index contributed by atoms with van der Waals surface area (Å²) in [7, 11) is 1.40. The molecule has 134 valence electrons. The lowest BCUT2D eigenvalue weighted by Crippen LogP contribution is -3.27. The first-order valence-electron chi connectivity index (χ1n) is 8.95. The minimum atomic E-state index is -0.324. The molecule has 1 aromatic carbocycles. The highest BCUT2D eigenvalue weighted by Gasteiger charge is 2.25. The minimum absolute atomic E-state index is 0.324. The van der Waals surface area contributed by atoms with Crippen LogP contribution >= 0.6 is 0 Å². The number of nitrogens with one attached hydrogen (secondary N) is 2. The van der Waals surface area contributed by atoms with Gasteiger partial charge in [0, 0.05) is 11.6 Å². The molecule has 0 aliphatic carbocycles. The van der Waals surface area contributed by atoms with Crippen LogP contribution in [-0.2, 0) is 17.8 Å². The minimum Gasteiger partial charge on any atom is -0.465 e. The highest BCUT2D eigenvalue weighted by Crippen LogP contribution is 2.14. The SMILES string of the molecule is COC(=O)c1cc(C[NH+]2CC[NH+](Cc3cccc(C)c3)CC2)oc1C. The number of carbonyl (C=O) groups is 1. The fraction of sp³-hybridized carbons (Fsp3) is 0.450. The van der Waals surface area contributed by atoms with E-state index in [2.05, 4.69) is 31.2 Å². The summed E-state index contributed by atoms with van der Waals surface area (Å²) in [6, 6.07) is 10.6. The number of ether oxygens (including phenoxy) is 1. The molecule has 0 saturated carbocycles. The third-order valence-electron chi connectivity index (χ3n) is 5.00. The van der Waals surface area contributed by atoms with Crippen LogP contribution in [0.4, 0.5) is 0 Å². The molecule has 0 radical (unpaired) electrons. The molecule has 1 aliphatic heterocycles. The first-order chi connectivity index (χ1) is 12.0. The van der Waals surface area contributed by atoms with E-state index in [1.165, 1.54) is 23.1 Å². The molecule has 0 amide bonds. The van der Waals surface area contributed by atoms with Gasteiger partial charge < -0.3 is 19.0 Å². The van der Waals surface area contributed by atoms with Gasteiger partial charge in [0.2, 0.25) is 0 Å². The number of esters is 1. The zero-order valence-electron chi connectivity index (χ0n) is 15.4. The van der Waals surface area contributed by atoms with Crippen molar-refractivity contribution in [2.75, 3.05) is 33.3 Å². The summed E-state index contributed by atoms with van der Waals surface area (Å²) >= 11 is 0. The Hall–Kier alpha value is -2.11. The maximum absolute atomic E-state index is 11.7. The van der Waals surface area contributed by atoms with Crippen molar-refractivity contribution in [3.8, 4) is 0 Å². The van der Waals surface area contributed by atoms with Gasteiger partial charge in [0.05, 0.1) is 7.11 Å². The number of piperazine rings is 1. The van der Waals surface area contributed by atoms with Crippen LogP contribution < -0.4 is 9.80 Å². The number of quaternary nitrogens is 2. The van der Waals surface area contributed by atoms with Gasteiger partial charge in [-0.3, -0.25) is 0 Å². The van der Waals surface area contributed by atoms with Gasteiger partial charge in [-0.05, 0) is 13.8 Å².